The minimum atomic E-state index is -3.49. The lowest BCUT2D eigenvalue weighted by Gasteiger charge is -2.29. The lowest BCUT2D eigenvalue weighted by molar-refractivity contribution is -0.135. The predicted octanol–water partition coefficient (Wildman–Crippen LogP) is 1.67. The Bertz CT molecular complexity index is 569. The van der Waals surface area contributed by atoms with E-state index in [9.17, 15) is 13.2 Å². The Morgan fingerprint density at radius 3 is 2.29 bits per heavy atom. The molecule has 0 amide bonds. The number of carboxylic acids is 1. The highest BCUT2D eigenvalue weighted by molar-refractivity contribution is 7.89. The summed E-state index contributed by atoms with van der Waals surface area (Å²) in [6.07, 6.45) is 0.796. The maximum Gasteiger partial charge on any atom is 0.323 e. The molecule has 1 aromatic carbocycles. The molecule has 7 heteroatoms. The van der Waals surface area contributed by atoms with Crippen LogP contribution in [0.3, 0.4) is 0 Å². The van der Waals surface area contributed by atoms with Gasteiger partial charge >= 0.3 is 5.97 Å². The van der Waals surface area contributed by atoms with Gasteiger partial charge in [-0.2, -0.15) is 0 Å². The van der Waals surface area contributed by atoms with E-state index in [4.69, 9.17) is 5.11 Å². The summed E-state index contributed by atoms with van der Waals surface area (Å²) in [5.41, 5.74) is 0.696. The highest BCUT2D eigenvalue weighted by atomic mass is 32.2. The number of nitrogens with zero attached hydrogens (tertiary/aromatic N) is 1. The van der Waals surface area contributed by atoms with Gasteiger partial charge in [-0.05, 0) is 37.6 Å². The van der Waals surface area contributed by atoms with Crippen LogP contribution in [-0.4, -0.2) is 38.6 Å². The maximum atomic E-state index is 11.9. The van der Waals surface area contributed by atoms with Gasteiger partial charge in [-0.1, -0.05) is 13.8 Å². The summed E-state index contributed by atoms with van der Waals surface area (Å²) < 4.78 is 26.1. The first-order valence-electron chi connectivity index (χ1n) is 6.90. The molecule has 0 bridgehead atoms. The molecular formula is C14H22N2O4S. The normalized spacial score (nSPS) is 12.9. The topological polar surface area (TPSA) is 86.7 Å². The van der Waals surface area contributed by atoms with Crippen molar-refractivity contribution < 1.29 is 18.3 Å². The van der Waals surface area contributed by atoms with Crippen molar-refractivity contribution in [3.05, 3.63) is 24.3 Å². The third-order valence-corrected chi connectivity index (χ3v) is 4.80. The highest BCUT2D eigenvalue weighted by Gasteiger charge is 2.18. The first-order chi connectivity index (χ1) is 9.81. The number of benzene rings is 1. The van der Waals surface area contributed by atoms with Gasteiger partial charge in [-0.3, -0.25) is 4.79 Å². The number of rotatable bonds is 8. The Morgan fingerprint density at radius 2 is 1.86 bits per heavy atom. The minimum absolute atomic E-state index is 0.0531. The average Bonchev–Trinajstić information content (AvgIpc) is 2.44. The molecule has 6 nitrogen and oxygen atoms in total. The number of nitrogens with one attached hydrogen (secondary N) is 1. The first-order valence-corrected chi connectivity index (χ1v) is 8.38. The zero-order valence-electron chi connectivity index (χ0n) is 12.5. The van der Waals surface area contributed by atoms with Crippen LogP contribution in [0.5, 0.6) is 0 Å². The molecule has 0 heterocycles. The summed E-state index contributed by atoms with van der Waals surface area (Å²) in [4.78, 5) is 12.9. The second-order valence-electron chi connectivity index (χ2n) is 4.77. The smallest absolute Gasteiger partial charge is 0.323 e. The van der Waals surface area contributed by atoms with E-state index in [0.29, 0.717) is 12.2 Å². The second-order valence-corrected chi connectivity index (χ2v) is 6.54. The number of sulfonamides is 1. The van der Waals surface area contributed by atoms with Crippen LogP contribution in [0.4, 0.5) is 5.69 Å². The van der Waals surface area contributed by atoms with Gasteiger partial charge in [0.1, 0.15) is 6.54 Å². The number of hydrogen-bond acceptors (Lipinski definition) is 4. The zero-order chi connectivity index (χ0) is 16.0. The van der Waals surface area contributed by atoms with Crippen LogP contribution in [0.25, 0.3) is 0 Å². The van der Waals surface area contributed by atoms with Crippen LogP contribution < -0.4 is 9.62 Å². The molecule has 1 aromatic rings. The summed E-state index contributed by atoms with van der Waals surface area (Å²) in [6.45, 7) is 5.83. The fourth-order valence-electron chi connectivity index (χ4n) is 1.96. The summed E-state index contributed by atoms with van der Waals surface area (Å²) in [6, 6.07) is 6.31. The summed E-state index contributed by atoms with van der Waals surface area (Å²) in [7, 11) is -3.49. The van der Waals surface area contributed by atoms with E-state index < -0.39 is 16.0 Å². The third-order valence-electron chi connectivity index (χ3n) is 3.24. The Morgan fingerprint density at radius 1 is 1.29 bits per heavy atom. The summed E-state index contributed by atoms with van der Waals surface area (Å²) >= 11 is 0. The van der Waals surface area contributed by atoms with Gasteiger partial charge in [-0.25, -0.2) is 13.1 Å². The van der Waals surface area contributed by atoms with Crippen molar-refractivity contribution in [3.63, 3.8) is 0 Å². The standard InChI is InChI=1S/C14H22N2O4S/c1-4-11(3)16(10-14(17)18)12-6-8-13(9-7-12)21(19,20)15-5-2/h6-9,11,15H,4-5,10H2,1-3H3,(H,17,18). The molecule has 0 aliphatic rings. The number of anilines is 1. The van der Waals surface area contributed by atoms with Crippen LogP contribution in [0, 0.1) is 0 Å². The molecule has 0 aromatic heterocycles. The molecule has 0 fully saturated rings. The molecule has 118 valence electrons. The molecule has 21 heavy (non-hydrogen) atoms. The molecule has 0 saturated carbocycles. The Balaban J connectivity index is 3.05. The largest absolute Gasteiger partial charge is 0.480 e. The lowest BCUT2D eigenvalue weighted by Crippen LogP contribution is -2.37. The van der Waals surface area contributed by atoms with Crippen molar-refractivity contribution in [2.24, 2.45) is 0 Å². The molecule has 0 aliphatic carbocycles. The van der Waals surface area contributed by atoms with Crippen LogP contribution >= 0.6 is 0 Å². The van der Waals surface area contributed by atoms with Gasteiger partial charge in [0.15, 0.2) is 0 Å². The molecule has 1 rings (SSSR count). The van der Waals surface area contributed by atoms with Crippen molar-refractivity contribution >= 4 is 21.7 Å². The Labute approximate surface area is 125 Å². The van der Waals surface area contributed by atoms with E-state index in [-0.39, 0.29) is 17.5 Å². The second kappa shape index (κ2) is 7.42. The van der Waals surface area contributed by atoms with E-state index >= 15 is 0 Å². The van der Waals surface area contributed by atoms with Gasteiger partial charge in [-0.15, -0.1) is 0 Å². The van der Waals surface area contributed by atoms with Gasteiger partial charge in [0, 0.05) is 18.3 Å². The van der Waals surface area contributed by atoms with Crippen molar-refractivity contribution in [2.45, 2.75) is 38.1 Å². The van der Waals surface area contributed by atoms with E-state index in [1.807, 2.05) is 13.8 Å². The maximum absolute atomic E-state index is 11.9. The van der Waals surface area contributed by atoms with Gasteiger partial charge in [0.25, 0.3) is 0 Å². The summed E-state index contributed by atoms with van der Waals surface area (Å²) in [5.74, 6) is -0.917. The van der Waals surface area contributed by atoms with E-state index in [0.717, 1.165) is 6.42 Å². The molecule has 0 saturated heterocycles. The van der Waals surface area contributed by atoms with Crippen molar-refractivity contribution in [1.29, 1.82) is 0 Å². The summed E-state index contributed by atoms with van der Waals surface area (Å²) in [5, 5.41) is 9.00. The fourth-order valence-corrected chi connectivity index (χ4v) is 3.00. The van der Waals surface area contributed by atoms with Gasteiger partial charge < -0.3 is 10.0 Å². The van der Waals surface area contributed by atoms with Gasteiger partial charge in [0.2, 0.25) is 10.0 Å². The highest BCUT2D eigenvalue weighted by Crippen LogP contribution is 2.21. The van der Waals surface area contributed by atoms with Gasteiger partial charge in [0.05, 0.1) is 4.90 Å². The van der Waals surface area contributed by atoms with Crippen molar-refractivity contribution in [3.8, 4) is 0 Å². The SMILES string of the molecule is CCNS(=O)(=O)c1ccc(N(CC(=O)O)C(C)CC)cc1. The van der Waals surface area contributed by atoms with E-state index in [1.165, 1.54) is 12.1 Å². The number of carboxylic acid groups (broad SMARTS) is 1. The number of aliphatic carboxylic acids is 1. The third kappa shape index (κ3) is 4.71. The van der Waals surface area contributed by atoms with Crippen LogP contribution in [-0.2, 0) is 14.8 Å². The molecule has 1 unspecified atom stereocenters. The molecule has 0 spiro atoms. The zero-order valence-corrected chi connectivity index (χ0v) is 13.4. The Kier molecular flexibility index (Phi) is 6.17. The van der Waals surface area contributed by atoms with Crippen molar-refractivity contribution in [2.75, 3.05) is 18.0 Å². The molecule has 2 N–H and O–H groups in total. The molecule has 0 radical (unpaired) electrons. The predicted molar refractivity (Wildman–Crippen MR) is 82.0 cm³/mol. The van der Waals surface area contributed by atoms with Crippen molar-refractivity contribution in [1.82, 2.24) is 4.72 Å². The quantitative estimate of drug-likeness (QED) is 0.762. The first kappa shape index (κ1) is 17.5. The molecule has 0 aliphatic heterocycles. The molecular weight excluding hydrogens is 292 g/mol. The number of hydrogen-bond donors (Lipinski definition) is 2. The lowest BCUT2D eigenvalue weighted by atomic mass is 10.2. The minimum Gasteiger partial charge on any atom is -0.480 e. The van der Waals surface area contributed by atoms with Crippen LogP contribution in [0.1, 0.15) is 27.2 Å². The van der Waals surface area contributed by atoms with Crippen LogP contribution in [0.15, 0.2) is 29.2 Å². The number of carbonyl (C=O) groups is 1. The average molecular weight is 314 g/mol. The molecule has 1 atom stereocenters. The Hall–Kier alpha value is -1.60. The van der Waals surface area contributed by atoms with Crippen LogP contribution in [0.2, 0.25) is 0 Å². The fraction of sp³-hybridized carbons (Fsp3) is 0.500. The monoisotopic (exact) mass is 314 g/mol. The van der Waals surface area contributed by atoms with E-state index in [2.05, 4.69) is 4.72 Å². The van der Waals surface area contributed by atoms with E-state index in [1.54, 1.807) is 24.0 Å².